The zero-order chi connectivity index (χ0) is 13.0. The van der Waals surface area contributed by atoms with Crippen LogP contribution in [0.25, 0.3) is 0 Å². The van der Waals surface area contributed by atoms with Crippen LogP contribution in [-0.2, 0) is 11.2 Å². The minimum Gasteiger partial charge on any atom is -0.354 e. The molecule has 1 atom stereocenters. The summed E-state index contributed by atoms with van der Waals surface area (Å²) in [6.45, 7) is 0.0159. The fraction of sp³-hybridized carbons (Fsp3) is 0.500. The number of aromatic nitrogens is 1. The van der Waals surface area contributed by atoms with Crippen LogP contribution in [0.2, 0.25) is 0 Å². The number of carbonyl (C=O) groups is 1. The molecule has 0 radical (unpaired) electrons. The predicted octanol–water partition coefficient (Wildman–Crippen LogP) is 1.16. The molecule has 0 bridgehead atoms. The van der Waals surface area contributed by atoms with Crippen LogP contribution in [0.3, 0.4) is 0 Å². The average molecular weight is 292 g/mol. The maximum absolute atomic E-state index is 12.9. The van der Waals surface area contributed by atoms with Crippen LogP contribution in [0.4, 0.5) is 8.78 Å². The van der Waals surface area contributed by atoms with E-state index in [1.165, 1.54) is 0 Å². The highest BCUT2D eigenvalue weighted by molar-refractivity contribution is 5.85. The maximum Gasteiger partial charge on any atom is 0.262 e. The molecule has 1 aromatic heterocycles. The molecule has 19 heavy (non-hydrogen) atoms. The second kappa shape index (κ2) is 6.77. The Balaban J connectivity index is 0.00000180. The van der Waals surface area contributed by atoms with Crippen LogP contribution in [0.1, 0.15) is 12.0 Å². The minimum atomic E-state index is -2.77. The van der Waals surface area contributed by atoms with Gasteiger partial charge in [-0.05, 0) is 24.1 Å². The molecule has 1 fully saturated rings. The van der Waals surface area contributed by atoms with Crippen LogP contribution in [0, 0.1) is 0 Å². The van der Waals surface area contributed by atoms with Crippen LogP contribution in [-0.4, -0.2) is 35.9 Å². The Bertz CT molecular complexity index is 417. The third kappa shape index (κ3) is 4.72. The van der Waals surface area contributed by atoms with Crippen LogP contribution >= 0.6 is 12.4 Å². The normalized spacial score (nSPS) is 20.6. The van der Waals surface area contributed by atoms with Gasteiger partial charge in [0.05, 0.1) is 12.6 Å². The third-order valence-corrected chi connectivity index (χ3v) is 2.89. The van der Waals surface area contributed by atoms with E-state index in [-0.39, 0.29) is 18.3 Å². The minimum absolute atomic E-state index is 0. The topological polar surface area (TPSA) is 54.0 Å². The van der Waals surface area contributed by atoms with Gasteiger partial charge < -0.3 is 5.32 Å². The molecule has 0 aromatic carbocycles. The predicted molar refractivity (Wildman–Crippen MR) is 69.6 cm³/mol. The number of halogens is 3. The molecule has 106 valence electrons. The summed E-state index contributed by atoms with van der Waals surface area (Å²) in [5, 5.41) is 5.18. The highest BCUT2D eigenvalue weighted by atomic mass is 35.5. The summed E-state index contributed by atoms with van der Waals surface area (Å²) < 4.78 is 25.8. The standard InChI is InChI=1S/C12H15F2N3O.ClH/c13-12(14)7-10(17-8-12)11(18)16-6-3-9-1-4-15-5-2-9;/h1-2,4-5,10,17H,3,6-8H2,(H,16,18);1H. The van der Waals surface area contributed by atoms with Crippen molar-refractivity contribution in [1.29, 1.82) is 0 Å². The second-order valence-electron chi connectivity index (χ2n) is 4.39. The number of nitrogens with one attached hydrogen (secondary N) is 2. The van der Waals surface area contributed by atoms with Crippen molar-refractivity contribution in [1.82, 2.24) is 15.6 Å². The second-order valence-corrected chi connectivity index (χ2v) is 4.39. The number of nitrogens with zero attached hydrogens (tertiary/aromatic N) is 1. The number of carbonyl (C=O) groups excluding carboxylic acids is 1. The highest BCUT2D eigenvalue weighted by Gasteiger charge is 2.42. The average Bonchev–Trinajstić information content (AvgIpc) is 2.71. The van der Waals surface area contributed by atoms with Crippen molar-refractivity contribution >= 4 is 18.3 Å². The first kappa shape index (κ1) is 15.8. The molecule has 2 heterocycles. The lowest BCUT2D eigenvalue weighted by molar-refractivity contribution is -0.123. The van der Waals surface area contributed by atoms with Crippen LogP contribution in [0.15, 0.2) is 24.5 Å². The largest absolute Gasteiger partial charge is 0.354 e. The fourth-order valence-corrected chi connectivity index (χ4v) is 1.90. The Morgan fingerprint density at radius 3 is 2.74 bits per heavy atom. The van der Waals surface area contributed by atoms with Crippen molar-refractivity contribution in [3.63, 3.8) is 0 Å². The molecule has 4 nitrogen and oxygen atoms in total. The van der Waals surface area contributed by atoms with Crippen molar-refractivity contribution in [2.45, 2.75) is 24.8 Å². The summed E-state index contributed by atoms with van der Waals surface area (Å²) in [6, 6.07) is 2.93. The Labute approximate surface area is 116 Å². The van der Waals surface area contributed by atoms with E-state index in [4.69, 9.17) is 0 Å². The van der Waals surface area contributed by atoms with Gasteiger partial charge in [0, 0.05) is 25.4 Å². The van der Waals surface area contributed by atoms with Gasteiger partial charge in [-0.15, -0.1) is 12.4 Å². The number of alkyl halides is 2. The van der Waals surface area contributed by atoms with E-state index in [2.05, 4.69) is 15.6 Å². The van der Waals surface area contributed by atoms with E-state index in [1.807, 2.05) is 12.1 Å². The summed E-state index contributed by atoms with van der Waals surface area (Å²) in [5.41, 5.74) is 1.05. The summed E-state index contributed by atoms with van der Waals surface area (Å²) in [5.74, 6) is -3.13. The molecule has 2 N–H and O–H groups in total. The van der Waals surface area contributed by atoms with Gasteiger partial charge in [0.1, 0.15) is 0 Å². The van der Waals surface area contributed by atoms with Crippen LogP contribution in [0.5, 0.6) is 0 Å². The summed E-state index contributed by atoms with van der Waals surface area (Å²) in [4.78, 5) is 15.5. The summed E-state index contributed by atoms with van der Waals surface area (Å²) in [7, 11) is 0. The van der Waals surface area contributed by atoms with Gasteiger partial charge in [-0.2, -0.15) is 0 Å². The van der Waals surface area contributed by atoms with Gasteiger partial charge in [-0.25, -0.2) is 8.78 Å². The van der Waals surface area contributed by atoms with Gasteiger partial charge in [0.25, 0.3) is 5.92 Å². The first-order valence-corrected chi connectivity index (χ1v) is 5.85. The van der Waals surface area contributed by atoms with Gasteiger partial charge in [-0.3, -0.25) is 15.1 Å². The lowest BCUT2D eigenvalue weighted by Gasteiger charge is -2.11. The van der Waals surface area contributed by atoms with Crippen molar-refractivity contribution < 1.29 is 13.6 Å². The first-order valence-electron chi connectivity index (χ1n) is 5.85. The van der Waals surface area contributed by atoms with Crippen LogP contribution < -0.4 is 10.6 Å². The van der Waals surface area contributed by atoms with E-state index in [1.54, 1.807) is 12.4 Å². The smallest absolute Gasteiger partial charge is 0.262 e. The lowest BCUT2D eigenvalue weighted by Crippen LogP contribution is -2.41. The highest BCUT2D eigenvalue weighted by Crippen LogP contribution is 2.24. The van der Waals surface area contributed by atoms with Crippen molar-refractivity contribution in [2.24, 2.45) is 0 Å². The van der Waals surface area contributed by atoms with Gasteiger partial charge in [0.2, 0.25) is 5.91 Å². The Morgan fingerprint density at radius 2 is 2.16 bits per heavy atom. The molecule has 0 aliphatic carbocycles. The number of rotatable bonds is 4. The first-order chi connectivity index (χ1) is 8.57. The van der Waals surface area contributed by atoms with E-state index in [0.717, 1.165) is 5.56 Å². The SMILES string of the molecule is Cl.O=C(NCCc1ccncc1)C1CC(F)(F)CN1. The fourth-order valence-electron chi connectivity index (χ4n) is 1.90. The molecule has 1 unspecified atom stereocenters. The van der Waals surface area contributed by atoms with E-state index in [9.17, 15) is 13.6 Å². The molecule has 0 spiro atoms. The summed E-state index contributed by atoms with van der Waals surface area (Å²) in [6.07, 6.45) is 3.60. The monoisotopic (exact) mass is 291 g/mol. The number of amides is 1. The molecule has 1 aliphatic heterocycles. The van der Waals surface area contributed by atoms with Crippen molar-refractivity contribution in [3.8, 4) is 0 Å². The quantitative estimate of drug-likeness (QED) is 0.875. The van der Waals surface area contributed by atoms with E-state index in [0.29, 0.717) is 13.0 Å². The molecule has 2 rings (SSSR count). The van der Waals surface area contributed by atoms with E-state index >= 15 is 0 Å². The molecule has 1 aliphatic rings. The number of hydrogen-bond acceptors (Lipinski definition) is 3. The lowest BCUT2D eigenvalue weighted by atomic mass is 10.1. The third-order valence-electron chi connectivity index (χ3n) is 2.89. The number of hydrogen-bond donors (Lipinski definition) is 2. The maximum atomic E-state index is 12.9. The van der Waals surface area contributed by atoms with Gasteiger partial charge in [-0.1, -0.05) is 0 Å². The van der Waals surface area contributed by atoms with E-state index < -0.39 is 24.9 Å². The zero-order valence-corrected chi connectivity index (χ0v) is 11.1. The Morgan fingerprint density at radius 1 is 1.47 bits per heavy atom. The van der Waals surface area contributed by atoms with Gasteiger partial charge in [0.15, 0.2) is 0 Å². The molecule has 1 saturated heterocycles. The zero-order valence-electron chi connectivity index (χ0n) is 10.2. The molecule has 0 saturated carbocycles. The molecule has 1 aromatic rings. The number of pyridine rings is 1. The van der Waals surface area contributed by atoms with Gasteiger partial charge >= 0.3 is 0 Å². The molecular formula is C12H16ClF2N3O. The Hall–Kier alpha value is -1.27. The molecule has 7 heteroatoms. The molecule has 1 amide bonds. The van der Waals surface area contributed by atoms with Crippen molar-refractivity contribution in [2.75, 3.05) is 13.1 Å². The molecular weight excluding hydrogens is 276 g/mol. The van der Waals surface area contributed by atoms with Crippen molar-refractivity contribution in [3.05, 3.63) is 30.1 Å². The summed E-state index contributed by atoms with van der Waals surface area (Å²) >= 11 is 0. The Kier molecular flexibility index (Phi) is 5.62.